The summed E-state index contributed by atoms with van der Waals surface area (Å²) in [6.07, 6.45) is 1.44. The highest BCUT2D eigenvalue weighted by molar-refractivity contribution is 5.89. The summed E-state index contributed by atoms with van der Waals surface area (Å²) in [4.78, 5) is 23.4. The average Bonchev–Trinajstić information content (AvgIpc) is 2.79. The first-order valence-electron chi connectivity index (χ1n) is 7.04. The molecule has 2 amide bonds. The largest absolute Gasteiger partial charge is 0.390 e. The van der Waals surface area contributed by atoms with Crippen LogP contribution < -0.4 is 16.2 Å². The second-order valence-electron chi connectivity index (χ2n) is 5.41. The van der Waals surface area contributed by atoms with E-state index in [4.69, 9.17) is 0 Å². The van der Waals surface area contributed by atoms with E-state index >= 15 is 0 Å². The van der Waals surface area contributed by atoms with Crippen LogP contribution in [0.25, 0.3) is 0 Å². The van der Waals surface area contributed by atoms with E-state index in [9.17, 15) is 14.7 Å². The van der Waals surface area contributed by atoms with Crippen molar-refractivity contribution in [3.63, 3.8) is 0 Å². The Labute approximate surface area is 127 Å². The fraction of sp³-hybridized carbons (Fsp3) is 0.250. The summed E-state index contributed by atoms with van der Waals surface area (Å²) in [5, 5.41) is 15.6. The average molecular weight is 299 g/mol. The van der Waals surface area contributed by atoms with Gasteiger partial charge in [0.2, 0.25) is 5.56 Å². The van der Waals surface area contributed by atoms with Gasteiger partial charge < -0.3 is 20.3 Å². The Morgan fingerprint density at radius 2 is 2.05 bits per heavy atom. The smallest absolute Gasteiger partial charge is 0.319 e. The van der Waals surface area contributed by atoms with Crippen molar-refractivity contribution in [1.82, 2.24) is 9.88 Å². The maximum atomic E-state index is 12.1. The maximum Gasteiger partial charge on any atom is 0.319 e. The molecule has 114 valence electrons. The fourth-order valence-electron chi connectivity index (χ4n) is 2.72. The number of urea groups is 1. The summed E-state index contributed by atoms with van der Waals surface area (Å²) in [5.74, 6) is 0. The van der Waals surface area contributed by atoms with Crippen LogP contribution in [-0.4, -0.2) is 21.8 Å². The topological polar surface area (TPSA) is 83.4 Å². The summed E-state index contributed by atoms with van der Waals surface area (Å²) >= 11 is 0. The molecular weight excluding hydrogens is 282 g/mol. The molecule has 0 aliphatic heterocycles. The number of benzene rings is 1. The Kier molecular flexibility index (Phi) is 3.68. The number of aliphatic hydroxyl groups is 1. The number of nitrogens with zero attached hydrogens (tertiary/aromatic N) is 1. The van der Waals surface area contributed by atoms with Gasteiger partial charge in [0, 0.05) is 25.7 Å². The Balaban J connectivity index is 1.72. The molecular formula is C16H17N3O3. The van der Waals surface area contributed by atoms with E-state index in [1.807, 2.05) is 24.3 Å². The Morgan fingerprint density at radius 1 is 1.27 bits per heavy atom. The van der Waals surface area contributed by atoms with Gasteiger partial charge in [0.1, 0.15) is 0 Å². The molecule has 0 unspecified atom stereocenters. The van der Waals surface area contributed by atoms with Crippen LogP contribution in [0.3, 0.4) is 0 Å². The van der Waals surface area contributed by atoms with Crippen LogP contribution in [0.1, 0.15) is 17.2 Å². The van der Waals surface area contributed by atoms with Crippen LogP contribution in [0.15, 0.2) is 47.4 Å². The molecule has 0 fully saturated rings. The van der Waals surface area contributed by atoms with Gasteiger partial charge in [-0.25, -0.2) is 4.79 Å². The molecule has 3 rings (SSSR count). The summed E-state index contributed by atoms with van der Waals surface area (Å²) < 4.78 is 1.38. The number of amides is 2. The second-order valence-corrected chi connectivity index (χ2v) is 5.41. The number of anilines is 1. The molecule has 1 aromatic heterocycles. The van der Waals surface area contributed by atoms with Gasteiger partial charge in [0.15, 0.2) is 0 Å². The van der Waals surface area contributed by atoms with E-state index in [2.05, 4.69) is 10.6 Å². The summed E-state index contributed by atoms with van der Waals surface area (Å²) in [5.41, 5.74) is 2.35. The molecule has 1 heterocycles. The van der Waals surface area contributed by atoms with Crippen LogP contribution in [0.5, 0.6) is 0 Å². The van der Waals surface area contributed by atoms with Crippen LogP contribution in [0.2, 0.25) is 0 Å². The van der Waals surface area contributed by atoms with Gasteiger partial charge in [-0.1, -0.05) is 24.3 Å². The van der Waals surface area contributed by atoms with Crippen molar-refractivity contribution in [3.05, 3.63) is 64.1 Å². The number of rotatable bonds is 2. The monoisotopic (exact) mass is 299 g/mol. The second kappa shape index (κ2) is 5.65. The Hall–Kier alpha value is -2.60. The van der Waals surface area contributed by atoms with Crippen molar-refractivity contribution < 1.29 is 9.90 Å². The van der Waals surface area contributed by atoms with Gasteiger partial charge in [-0.2, -0.15) is 0 Å². The van der Waals surface area contributed by atoms with Crippen molar-refractivity contribution in [1.29, 1.82) is 0 Å². The lowest BCUT2D eigenvalue weighted by Gasteiger charge is -2.18. The number of aryl methyl sites for hydroxylation is 1. The van der Waals surface area contributed by atoms with Crippen molar-refractivity contribution in [3.8, 4) is 0 Å². The molecule has 6 heteroatoms. The lowest BCUT2D eigenvalue weighted by atomic mass is 10.1. The molecule has 1 aliphatic rings. The van der Waals surface area contributed by atoms with Gasteiger partial charge in [-0.15, -0.1) is 0 Å². The number of pyridine rings is 1. The van der Waals surface area contributed by atoms with Gasteiger partial charge >= 0.3 is 6.03 Å². The fourth-order valence-corrected chi connectivity index (χ4v) is 2.72. The minimum absolute atomic E-state index is 0.147. The molecule has 0 spiro atoms. The quantitative estimate of drug-likeness (QED) is 0.778. The van der Waals surface area contributed by atoms with Crippen LogP contribution in [-0.2, 0) is 13.5 Å². The minimum atomic E-state index is -0.636. The van der Waals surface area contributed by atoms with E-state index in [-0.39, 0.29) is 5.56 Å². The Morgan fingerprint density at radius 3 is 2.82 bits per heavy atom. The van der Waals surface area contributed by atoms with Crippen molar-refractivity contribution >= 4 is 11.7 Å². The number of hydrogen-bond acceptors (Lipinski definition) is 3. The molecule has 22 heavy (non-hydrogen) atoms. The Bertz CT molecular complexity index is 769. The zero-order valence-electron chi connectivity index (χ0n) is 12.1. The zero-order chi connectivity index (χ0) is 15.7. The van der Waals surface area contributed by atoms with Crippen LogP contribution in [0.4, 0.5) is 10.5 Å². The molecule has 2 atom stereocenters. The number of carbonyl (C=O) groups is 1. The first-order valence-corrected chi connectivity index (χ1v) is 7.04. The highest BCUT2D eigenvalue weighted by Crippen LogP contribution is 2.31. The third-order valence-corrected chi connectivity index (χ3v) is 3.83. The first-order chi connectivity index (χ1) is 10.5. The van der Waals surface area contributed by atoms with Crippen LogP contribution >= 0.6 is 0 Å². The number of fused-ring (bicyclic) bond motifs is 1. The van der Waals surface area contributed by atoms with Gasteiger partial charge in [0.05, 0.1) is 17.8 Å². The lowest BCUT2D eigenvalue weighted by molar-refractivity contribution is 0.144. The van der Waals surface area contributed by atoms with Crippen molar-refractivity contribution in [2.24, 2.45) is 7.05 Å². The highest BCUT2D eigenvalue weighted by atomic mass is 16.3. The predicted molar refractivity (Wildman–Crippen MR) is 82.7 cm³/mol. The van der Waals surface area contributed by atoms with Crippen molar-refractivity contribution in [2.45, 2.75) is 18.6 Å². The van der Waals surface area contributed by atoms with E-state index in [0.717, 1.165) is 11.1 Å². The first kappa shape index (κ1) is 14.3. The predicted octanol–water partition coefficient (Wildman–Crippen LogP) is 1.17. The third kappa shape index (κ3) is 2.73. The molecule has 1 aliphatic carbocycles. The van der Waals surface area contributed by atoms with E-state index in [1.54, 1.807) is 19.3 Å². The number of hydrogen-bond donors (Lipinski definition) is 3. The maximum absolute atomic E-state index is 12.1. The molecule has 2 aromatic rings. The number of carbonyl (C=O) groups excluding carboxylic acids is 1. The van der Waals surface area contributed by atoms with E-state index < -0.39 is 18.2 Å². The number of aliphatic hydroxyl groups excluding tert-OH is 1. The lowest BCUT2D eigenvalue weighted by Crippen LogP contribution is -2.37. The standard InChI is InChI=1S/C16H17N3O3/c1-19-9-11(6-7-14(19)21)17-16(22)18-15-12-5-3-2-4-10(12)8-13(15)20/h2-7,9,13,15,20H,8H2,1H3,(H2,17,18,22)/t13-,15+/m0/s1. The molecule has 0 bridgehead atoms. The van der Waals surface area contributed by atoms with Gasteiger partial charge in [-0.05, 0) is 17.2 Å². The van der Waals surface area contributed by atoms with Gasteiger partial charge in [0.25, 0.3) is 0 Å². The highest BCUT2D eigenvalue weighted by Gasteiger charge is 2.31. The molecule has 0 saturated heterocycles. The normalized spacial score (nSPS) is 19.5. The molecule has 0 saturated carbocycles. The van der Waals surface area contributed by atoms with Crippen LogP contribution in [0, 0.1) is 0 Å². The van der Waals surface area contributed by atoms with Crippen molar-refractivity contribution in [2.75, 3.05) is 5.32 Å². The molecule has 6 nitrogen and oxygen atoms in total. The van der Waals surface area contributed by atoms with E-state index in [0.29, 0.717) is 12.1 Å². The zero-order valence-corrected chi connectivity index (χ0v) is 12.1. The summed E-state index contributed by atoms with van der Waals surface area (Å²) in [7, 11) is 1.61. The van der Waals surface area contributed by atoms with E-state index in [1.165, 1.54) is 10.6 Å². The molecule has 3 N–H and O–H groups in total. The third-order valence-electron chi connectivity index (χ3n) is 3.83. The van der Waals surface area contributed by atoms with Gasteiger partial charge in [-0.3, -0.25) is 4.79 Å². The SMILES string of the molecule is Cn1cc(NC(=O)N[C@@H]2c3ccccc3C[C@@H]2O)ccc1=O. The number of aromatic nitrogens is 1. The minimum Gasteiger partial charge on any atom is -0.390 e. The summed E-state index contributed by atoms with van der Waals surface area (Å²) in [6.45, 7) is 0. The molecule has 1 aromatic carbocycles. The molecule has 0 radical (unpaired) electrons. The number of nitrogens with one attached hydrogen (secondary N) is 2. The summed E-state index contributed by atoms with van der Waals surface area (Å²) in [6, 6.07) is 9.74.